The van der Waals surface area contributed by atoms with Gasteiger partial charge in [0.1, 0.15) is 0 Å². The van der Waals surface area contributed by atoms with Gasteiger partial charge < -0.3 is 4.74 Å². The maximum atomic E-state index is 11.8. The van der Waals surface area contributed by atoms with Crippen LogP contribution in [0.4, 0.5) is 13.2 Å². The quantitative estimate of drug-likeness (QED) is 0.539. The summed E-state index contributed by atoms with van der Waals surface area (Å²) in [6, 6.07) is 0. The highest BCUT2D eigenvalue weighted by atomic mass is 79.9. The van der Waals surface area contributed by atoms with Gasteiger partial charge in [-0.25, -0.2) is 0 Å². The van der Waals surface area contributed by atoms with Crippen LogP contribution >= 0.6 is 15.9 Å². The summed E-state index contributed by atoms with van der Waals surface area (Å²) in [7, 11) is 0. The molecule has 0 saturated carbocycles. The summed E-state index contributed by atoms with van der Waals surface area (Å²) in [6.07, 6.45) is -6.53. The van der Waals surface area contributed by atoms with Crippen LogP contribution in [-0.4, -0.2) is 23.6 Å². The Hall–Kier alpha value is -0.260. The number of carbonyl (C=O) groups is 1. The van der Waals surface area contributed by atoms with E-state index in [-0.39, 0.29) is 0 Å². The number of esters is 1. The third kappa shape index (κ3) is 4.23. The molecular weight excluding hydrogens is 229 g/mol. The summed E-state index contributed by atoms with van der Waals surface area (Å²) in [5, 5.41) is -0.434. The van der Waals surface area contributed by atoms with Gasteiger partial charge in [0.2, 0.25) is 6.10 Å². The largest absolute Gasteiger partial charge is 0.452 e. The van der Waals surface area contributed by atoms with Gasteiger partial charge in [-0.3, -0.25) is 4.79 Å². The molecule has 0 aromatic carbocycles. The molecule has 2 nitrogen and oxygen atoms in total. The van der Waals surface area contributed by atoms with Crippen molar-refractivity contribution in [3.8, 4) is 0 Å². The molecule has 0 aliphatic carbocycles. The Balaban J connectivity index is 4.07. The van der Waals surface area contributed by atoms with Gasteiger partial charge in [-0.2, -0.15) is 13.2 Å². The van der Waals surface area contributed by atoms with Crippen molar-refractivity contribution in [2.45, 2.75) is 19.2 Å². The minimum Gasteiger partial charge on any atom is -0.452 e. The zero-order chi connectivity index (χ0) is 9.07. The van der Waals surface area contributed by atoms with Gasteiger partial charge in [0.25, 0.3) is 0 Å². The molecule has 0 amide bonds. The molecule has 0 aliphatic rings. The van der Waals surface area contributed by atoms with Crippen molar-refractivity contribution in [2.75, 3.05) is 5.33 Å². The van der Waals surface area contributed by atoms with E-state index in [2.05, 4.69) is 20.7 Å². The minimum absolute atomic E-state index is 0.434. The van der Waals surface area contributed by atoms with Gasteiger partial charge in [-0.05, 0) is 0 Å². The topological polar surface area (TPSA) is 26.3 Å². The predicted molar refractivity (Wildman–Crippen MR) is 35.4 cm³/mol. The second kappa shape index (κ2) is 3.94. The molecule has 0 radical (unpaired) electrons. The molecule has 0 bridgehead atoms. The van der Waals surface area contributed by atoms with E-state index in [9.17, 15) is 18.0 Å². The van der Waals surface area contributed by atoms with Crippen LogP contribution in [0.3, 0.4) is 0 Å². The fourth-order valence-electron chi connectivity index (χ4n) is 0.386. The van der Waals surface area contributed by atoms with Gasteiger partial charge in [0, 0.05) is 12.3 Å². The summed E-state index contributed by atoms with van der Waals surface area (Å²) in [6.45, 7) is 0.932. The van der Waals surface area contributed by atoms with E-state index in [0.29, 0.717) is 0 Å². The third-order valence-corrected chi connectivity index (χ3v) is 1.40. The van der Waals surface area contributed by atoms with Crippen LogP contribution < -0.4 is 0 Å². The zero-order valence-corrected chi connectivity index (χ0v) is 7.20. The molecule has 0 saturated heterocycles. The highest BCUT2D eigenvalue weighted by molar-refractivity contribution is 9.09. The maximum Gasteiger partial charge on any atom is 0.426 e. The van der Waals surface area contributed by atoms with Crippen LogP contribution in [0.2, 0.25) is 0 Å². The summed E-state index contributed by atoms with van der Waals surface area (Å²) in [5.74, 6) is -0.938. The van der Waals surface area contributed by atoms with E-state index in [1.54, 1.807) is 0 Å². The Labute approximate surface area is 69.8 Å². The molecule has 11 heavy (non-hydrogen) atoms. The summed E-state index contributed by atoms with van der Waals surface area (Å²) in [4.78, 5) is 10.1. The standard InChI is InChI=1S/C5H6BrF3O2/c1-3(10)11-4(2-6)5(7,8)9/h4H,2H2,1H3. The Morgan fingerprint density at radius 2 is 2.09 bits per heavy atom. The Morgan fingerprint density at radius 3 is 2.18 bits per heavy atom. The fraction of sp³-hybridized carbons (Fsp3) is 0.800. The molecule has 1 unspecified atom stereocenters. The van der Waals surface area contributed by atoms with Crippen molar-refractivity contribution in [3.63, 3.8) is 0 Å². The second-order valence-corrected chi connectivity index (χ2v) is 2.44. The molecular formula is C5H6BrF3O2. The normalized spacial score (nSPS) is 14.3. The average Bonchev–Trinajstić information content (AvgIpc) is 1.79. The lowest BCUT2D eigenvalue weighted by atomic mass is 10.4. The molecule has 0 rings (SSSR count). The number of halogens is 4. The summed E-state index contributed by atoms with van der Waals surface area (Å²) in [5.41, 5.74) is 0. The van der Waals surface area contributed by atoms with Crippen LogP contribution in [0.25, 0.3) is 0 Å². The van der Waals surface area contributed by atoms with Crippen LogP contribution in [0.1, 0.15) is 6.92 Å². The van der Waals surface area contributed by atoms with Crippen molar-refractivity contribution in [3.05, 3.63) is 0 Å². The molecule has 0 N–H and O–H groups in total. The SMILES string of the molecule is CC(=O)OC(CBr)C(F)(F)F. The first-order valence-corrected chi connectivity index (χ1v) is 3.80. The molecule has 1 atom stereocenters. The van der Waals surface area contributed by atoms with Gasteiger partial charge in [0.05, 0.1) is 0 Å². The maximum absolute atomic E-state index is 11.8. The van der Waals surface area contributed by atoms with E-state index < -0.39 is 23.6 Å². The van der Waals surface area contributed by atoms with Crippen LogP contribution in [0, 0.1) is 0 Å². The highest BCUT2D eigenvalue weighted by Gasteiger charge is 2.41. The first-order chi connectivity index (χ1) is 4.88. The summed E-state index contributed by atoms with van der Waals surface area (Å²) >= 11 is 2.58. The molecule has 6 heteroatoms. The van der Waals surface area contributed by atoms with Crippen molar-refractivity contribution in [2.24, 2.45) is 0 Å². The molecule has 66 valence electrons. The second-order valence-electron chi connectivity index (χ2n) is 1.79. The lowest BCUT2D eigenvalue weighted by molar-refractivity contribution is -0.213. The van der Waals surface area contributed by atoms with Crippen molar-refractivity contribution < 1.29 is 22.7 Å². The molecule has 0 fully saturated rings. The molecule has 0 heterocycles. The molecule has 0 aliphatic heterocycles. The Kier molecular flexibility index (Phi) is 3.85. The van der Waals surface area contributed by atoms with Gasteiger partial charge in [-0.15, -0.1) is 0 Å². The lowest BCUT2D eigenvalue weighted by Crippen LogP contribution is -2.34. The van der Waals surface area contributed by atoms with Crippen molar-refractivity contribution in [1.29, 1.82) is 0 Å². The number of ether oxygens (including phenoxy) is 1. The lowest BCUT2D eigenvalue weighted by Gasteiger charge is -2.16. The van der Waals surface area contributed by atoms with E-state index in [4.69, 9.17) is 0 Å². The molecule has 0 spiro atoms. The van der Waals surface area contributed by atoms with E-state index in [1.165, 1.54) is 0 Å². The molecule has 0 aromatic rings. The van der Waals surface area contributed by atoms with Crippen molar-refractivity contribution >= 4 is 21.9 Å². The smallest absolute Gasteiger partial charge is 0.426 e. The van der Waals surface area contributed by atoms with Crippen molar-refractivity contribution in [1.82, 2.24) is 0 Å². The number of hydrogen-bond donors (Lipinski definition) is 0. The van der Waals surface area contributed by atoms with Gasteiger partial charge >= 0.3 is 12.1 Å². The predicted octanol–water partition coefficient (Wildman–Crippen LogP) is 1.88. The van der Waals surface area contributed by atoms with Crippen LogP contribution in [0.15, 0.2) is 0 Å². The average molecular weight is 235 g/mol. The number of carbonyl (C=O) groups excluding carboxylic acids is 1. The minimum atomic E-state index is -4.49. The fourth-order valence-corrected chi connectivity index (χ4v) is 0.885. The Bertz CT molecular complexity index is 145. The van der Waals surface area contributed by atoms with Gasteiger partial charge in [0.15, 0.2) is 0 Å². The first kappa shape index (κ1) is 10.7. The highest BCUT2D eigenvalue weighted by Crippen LogP contribution is 2.24. The van der Waals surface area contributed by atoms with E-state index in [0.717, 1.165) is 6.92 Å². The number of rotatable bonds is 2. The van der Waals surface area contributed by atoms with Crippen LogP contribution in [0.5, 0.6) is 0 Å². The first-order valence-electron chi connectivity index (χ1n) is 2.68. The van der Waals surface area contributed by atoms with E-state index in [1.807, 2.05) is 0 Å². The number of hydrogen-bond acceptors (Lipinski definition) is 2. The van der Waals surface area contributed by atoms with Gasteiger partial charge in [-0.1, -0.05) is 15.9 Å². The zero-order valence-electron chi connectivity index (χ0n) is 5.61. The van der Waals surface area contributed by atoms with E-state index >= 15 is 0 Å². The Morgan fingerprint density at radius 1 is 1.64 bits per heavy atom. The van der Waals surface area contributed by atoms with Crippen LogP contribution in [-0.2, 0) is 9.53 Å². The number of alkyl halides is 4. The molecule has 0 aromatic heterocycles. The monoisotopic (exact) mass is 234 g/mol. The third-order valence-electron chi connectivity index (χ3n) is 0.813. The summed E-state index contributed by atoms with van der Waals surface area (Å²) < 4.78 is 39.3.